The lowest BCUT2D eigenvalue weighted by atomic mass is 9.96. The number of nitrogens with zero attached hydrogens (tertiary/aromatic N) is 1. The summed E-state index contributed by atoms with van der Waals surface area (Å²) in [6.07, 6.45) is 0.559. The molecule has 3 aliphatic rings. The highest BCUT2D eigenvalue weighted by Crippen LogP contribution is 2.38. The Morgan fingerprint density at radius 1 is 1.03 bits per heavy atom. The third kappa shape index (κ3) is 4.06. The highest BCUT2D eigenvalue weighted by Gasteiger charge is 2.50. The number of urea groups is 1. The molecule has 1 fully saturated rings. The van der Waals surface area contributed by atoms with Crippen molar-refractivity contribution in [3.8, 4) is 16.9 Å². The van der Waals surface area contributed by atoms with Crippen molar-refractivity contribution in [3.63, 3.8) is 0 Å². The number of ether oxygens (including phenoxy) is 1. The van der Waals surface area contributed by atoms with Crippen molar-refractivity contribution >= 4 is 35.1 Å². The zero-order valence-corrected chi connectivity index (χ0v) is 20.7. The van der Waals surface area contributed by atoms with Crippen LogP contribution in [0, 0.1) is 0 Å². The lowest BCUT2D eigenvalue weighted by Gasteiger charge is -2.34. The fraction of sp³-hybridized carbons (Fsp3) is 0.241. The number of imide groups is 1. The standard InChI is InChI=1S/C29H26N4O5.2H2/c1-2-23-26(35)33(22-13-18(9-11-24(22)38-23)17-6-4-3-5-7-17)16-25(34)30-21-10-8-19-14-29(15-20(19)12-21)27(36)31-28(37)32-29;;/h3-13,23H,2,14-16H2,1H3,(H,30,34)(H2,31,32,36,37);2*1H. The second kappa shape index (κ2) is 9.02. The minimum atomic E-state index is -0.975. The van der Waals surface area contributed by atoms with Crippen LogP contribution < -0.4 is 25.6 Å². The zero-order valence-electron chi connectivity index (χ0n) is 20.7. The van der Waals surface area contributed by atoms with E-state index in [0.29, 0.717) is 36.4 Å². The van der Waals surface area contributed by atoms with E-state index in [9.17, 15) is 19.2 Å². The highest BCUT2D eigenvalue weighted by atomic mass is 16.5. The molecular formula is C29H30N4O5. The summed E-state index contributed by atoms with van der Waals surface area (Å²) in [4.78, 5) is 51.9. The van der Waals surface area contributed by atoms with E-state index in [1.165, 1.54) is 4.90 Å². The first kappa shape index (κ1) is 23.7. The van der Waals surface area contributed by atoms with Crippen molar-refractivity contribution in [2.75, 3.05) is 16.8 Å². The van der Waals surface area contributed by atoms with Gasteiger partial charge in [-0.25, -0.2) is 4.79 Å². The summed E-state index contributed by atoms with van der Waals surface area (Å²) in [5, 5.41) is 7.93. The number of rotatable bonds is 5. The molecule has 6 rings (SSSR count). The van der Waals surface area contributed by atoms with Crippen LogP contribution in [0.25, 0.3) is 11.1 Å². The molecule has 2 aliphatic heterocycles. The van der Waals surface area contributed by atoms with Gasteiger partial charge in [-0.1, -0.05) is 49.4 Å². The number of fused-ring (bicyclic) bond motifs is 2. The number of carbonyl (C=O) groups is 4. The van der Waals surface area contributed by atoms with E-state index in [1.54, 1.807) is 6.07 Å². The van der Waals surface area contributed by atoms with Crippen LogP contribution in [0.3, 0.4) is 0 Å². The SMILES string of the molecule is CCC1Oc2ccc(-c3ccccc3)cc2N(CC(=O)Nc2ccc3c(c2)CC2(C3)NC(=O)NC2=O)C1=O.[HH].[HH]. The minimum Gasteiger partial charge on any atom is -0.478 e. The number of hydrogen-bond acceptors (Lipinski definition) is 5. The van der Waals surface area contributed by atoms with E-state index in [4.69, 9.17) is 4.74 Å². The van der Waals surface area contributed by atoms with Gasteiger partial charge in [-0.05, 0) is 52.9 Å². The van der Waals surface area contributed by atoms with Gasteiger partial charge >= 0.3 is 6.03 Å². The first-order valence-corrected chi connectivity index (χ1v) is 12.6. The Morgan fingerprint density at radius 2 is 1.82 bits per heavy atom. The summed E-state index contributed by atoms with van der Waals surface area (Å²) in [5.41, 5.74) is 3.86. The van der Waals surface area contributed by atoms with E-state index in [-0.39, 0.29) is 27.1 Å². The van der Waals surface area contributed by atoms with E-state index in [2.05, 4.69) is 16.0 Å². The molecule has 0 radical (unpaired) electrons. The molecule has 196 valence electrons. The summed E-state index contributed by atoms with van der Waals surface area (Å²) in [7, 11) is 0. The second-order valence-corrected chi connectivity index (χ2v) is 9.86. The summed E-state index contributed by atoms with van der Waals surface area (Å²) >= 11 is 0. The maximum atomic E-state index is 13.3. The molecule has 9 heteroatoms. The Balaban J connectivity index is 0.00000185. The van der Waals surface area contributed by atoms with Gasteiger partial charge in [0.2, 0.25) is 5.91 Å². The Kier molecular flexibility index (Phi) is 5.63. The average Bonchev–Trinajstić information content (AvgIpc) is 3.41. The predicted molar refractivity (Wildman–Crippen MR) is 145 cm³/mol. The molecular weight excluding hydrogens is 484 g/mol. The molecule has 1 aliphatic carbocycles. The zero-order chi connectivity index (χ0) is 26.4. The van der Waals surface area contributed by atoms with Gasteiger partial charge in [-0.3, -0.25) is 24.6 Å². The summed E-state index contributed by atoms with van der Waals surface area (Å²) in [5.74, 6) is -0.400. The molecule has 0 saturated carbocycles. The Morgan fingerprint density at radius 3 is 2.55 bits per heavy atom. The fourth-order valence-electron chi connectivity index (χ4n) is 5.43. The van der Waals surface area contributed by atoms with Crippen molar-refractivity contribution in [1.29, 1.82) is 0 Å². The Labute approximate surface area is 222 Å². The molecule has 1 spiro atoms. The molecule has 3 aromatic rings. The number of hydrogen-bond donors (Lipinski definition) is 3. The van der Waals surface area contributed by atoms with Crippen LogP contribution in [0.1, 0.15) is 27.3 Å². The smallest absolute Gasteiger partial charge is 0.322 e. The van der Waals surface area contributed by atoms with Gasteiger partial charge in [0.25, 0.3) is 11.8 Å². The highest BCUT2D eigenvalue weighted by molar-refractivity contribution is 6.08. The maximum Gasteiger partial charge on any atom is 0.322 e. The number of nitrogens with one attached hydrogen (secondary N) is 3. The van der Waals surface area contributed by atoms with E-state index >= 15 is 0 Å². The molecule has 0 aromatic heterocycles. The monoisotopic (exact) mass is 514 g/mol. The lowest BCUT2D eigenvalue weighted by molar-refractivity contribution is -0.128. The number of anilines is 2. The first-order valence-electron chi connectivity index (χ1n) is 12.6. The van der Waals surface area contributed by atoms with Crippen LogP contribution in [0.2, 0.25) is 0 Å². The number of benzene rings is 3. The number of carbonyl (C=O) groups excluding carboxylic acids is 4. The summed E-state index contributed by atoms with van der Waals surface area (Å²) in [6.45, 7) is 1.69. The van der Waals surface area contributed by atoms with E-state index in [0.717, 1.165) is 22.3 Å². The van der Waals surface area contributed by atoms with Crippen LogP contribution in [0.4, 0.5) is 16.2 Å². The molecule has 9 nitrogen and oxygen atoms in total. The molecule has 1 saturated heterocycles. The fourth-order valence-corrected chi connectivity index (χ4v) is 5.43. The summed E-state index contributed by atoms with van der Waals surface area (Å²) in [6, 6.07) is 20.4. The first-order chi connectivity index (χ1) is 18.3. The van der Waals surface area contributed by atoms with Gasteiger partial charge in [0.15, 0.2) is 6.10 Å². The van der Waals surface area contributed by atoms with Crippen molar-refractivity contribution in [1.82, 2.24) is 10.6 Å². The van der Waals surface area contributed by atoms with Gasteiger partial charge in [0.1, 0.15) is 17.8 Å². The lowest BCUT2D eigenvalue weighted by Crippen LogP contribution is -2.48. The molecule has 38 heavy (non-hydrogen) atoms. The molecule has 5 amide bonds. The van der Waals surface area contributed by atoms with Crippen LogP contribution in [-0.2, 0) is 27.2 Å². The summed E-state index contributed by atoms with van der Waals surface area (Å²) < 4.78 is 5.94. The Hall–Kier alpha value is -4.66. The number of amides is 5. The van der Waals surface area contributed by atoms with Crippen LogP contribution in [0.15, 0.2) is 66.7 Å². The molecule has 2 atom stereocenters. The van der Waals surface area contributed by atoms with Crippen molar-refractivity contribution < 1.29 is 26.8 Å². The van der Waals surface area contributed by atoms with Gasteiger partial charge in [0, 0.05) is 21.4 Å². The van der Waals surface area contributed by atoms with Crippen LogP contribution >= 0.6 is 0 Å². The molecule has 0 bridgehead atoms. The normalized spacial score (nSPS) is 21.4. The van der Waals surface area contributed by atoms with Crippen LogP contribution in [0.5, 0.6) is 5.75 Å². The van der Waals surface area contributed by atoms with Crippen molar-refractivity contribution in [3.05, 3.63) is 77.9 Å². The molecule has 2 unspecified atom stereocenters. The average molecular weight is 515 g/mol. The molecule has 3 aromatic carbocycles. The molecule has 3 N–H and O–H groups in total. The van der Waals surface area contributed by atoms with E-state index in [1.807, 2.05) is 67.6 Å². The van der Waals surface area contributed by atoms with Gasteiger partial charge in [-0.2, -0.15) is 0 Å². The van der Waals surface area contributed by atoms with Crippen molar-refractivity contribution in [2.45, 2.75) is 37.8 Å². The maximum absolute atomic E-state index is 13.3. The largest absolute Gasteiger partial charge is 0.478 e. The van der Waals surface area contributed by atoms with Gasteiger partial charge in [-0.15, -0.1) is 0 Å². The van der Waals surface area contributed by atoms with Crippen molar-refractivity contribution in [2.24, 2.45) is 0 Å². The topological polar surface area (TPSA) is 117 Å². The minimum absolute atomic E-state index is 0. The predicted octanol–water partition coefficient (Wildman–Crippen LogP) is 3.67. The third-order valence-corrected chi connectivity index (χ3v) is 7.33. The van der Waals surface area contributed by atoms with E-state index < -0.39 is 17.7 Å². The Bertz CT molecular complexity index is 1500. The van der Waals surface area contributed by atoms with Gasteiger partial charge in [0.05, 0.1) is 5.69 Å². The molecule has 2 heterocycles. The third-order valence-electron chi connectivity index (χ3n) is 7.33. The second-order valence-electron chi connectivity index (χ2n) is 9.86. The van der Waals surface area contributed by atoms with Gasteiger partial charge < -0.3 is 15.4 Å². The quantitative estimate of drug-likeness (QED) is 0.449. The van der Waals surface area contributed by atoms with Crippen LogP contribution in [-0.4, -0.2) is 41.9 Å².